The van der Waals surface area contributed by atoms with Gasteiger partial charge < -0.3 is 8.98 Å². The van der Waals surface area contributed by atoms with E-state index < -0.39 is 0 Å². The first kappa shape index (κ1) is 12.1. The molecule has 0 amide bonds. The number of pyridine rings is 1. The first-order chi connectivity index (χ1) is 11.8. The lowest BCUT2D eigenvalue weighted by Gasteiger charge is -1.96. The van der Waals surface area contributed by atoms with Gasteiger partial charge in [-0.05, 0) is 36.4 Å². The second kappa shape index (κ2) is 3.94. The maximum atomic E-state index is 5.93. The molecular formula is C19H12N4O. The van der Waals surface area contributed by atoms with Gasteiger partial charge in [0.25, 0.3) is 0 Å². The number of aryl methyl sites for hydroxylation is 1. The van der Waals surface area contributed by atoms with Crippen LogP contribution in [0.2, 0.25) is 0 Å². The highest BCUT2D eigenvalue weighted by molar-refractivity contribution is 6.16. The fourth-order valence-electron chi connectivity index (χ4n) is 3.71. The van der Waals surface area contributed by atoms with E-state index in [1.807, 2.05) is 25.2 Å². The number of rotatable bonds is 0. The molecule has 0 bridgehead atoms. The maximum absolute atomic E-state index is 5.93. The minimum atomic E-state index is 0.793. The minimum Gasteiger partial charge on any atom is -0.454 e. The Bertz CT molecular complexity index is 1420. The summed E-state index contributed by atoms with van der Waals surface area (Å²) in [4.78, 5) is 9.44. The molecule has 0 unspecified atom stereocenters. The van der Waals surface area contributed by atoms with Gasteiger partial charge in [-0.25, -0.2) is 4.98 Å². The molecule has 0 spiro atoms. The van der Waals surface area contributed by atoms with Crippen molar-refractivity contribution in [1.29, 1.82) is 0 Å². The fraction of sp³-hybridized carbons (Fsp3) is 0.0526. The molecule has 6 aromatic rings. The van der Waals surface area contributed by atoms with Crippen molar-refractivity contribution >= 4 is 49.9 Å². The Kier molecular flexibility index (Phi) is 1.99. The molecule has 0 aliphatic carbocycles. The first-order valence-corrected chi connectivity index (χ1v) is 7.85. The summed E-state index contributed by atoms with van der Waals surface area (Å²) >= 11 is 0. The van der Waals surface area contributed by atoms with E-state index >= 15 is 0 Å². The standard InChI is InChI=1S/C19H12N4O/c1-22-11-5-2-3-6-12(11)23-13-8-9-14-16(17(13)21-19(22)23)18-15(24-14)7-4-10-20-18/h2-10H,1H3. The van der Waals surface area contributed by atoms with E-state index in [1.165, 1.54) is 0 Å². The lowest BCUT2D eigenvalue weighted by Crippen LogP contribution is -1.87. The van der Waals surface area contributed by atoms with Crippen molar-refractivity contribution in [2.45, 2.75) is 0 Å². The van der Waals surface area contributed by atoms with E-state index in [9.17, 15) is 0 Å². The summed E-state index contributed by atoms with van der Waals surface area (Å²) < 4.78 is 10.3. The molecule has 0 fully saturated rings. The third-order valence-electron chi connectivity index (χ3n) is 4.78. The van der Waals surface area contributed by atoms with Crippen molar-refractivity contribution in [2.75, 3.05) is 0 Å². The number of aromatic nitrogens is 4. The van der Waals surface area contributed by atoms with Crippen molar-refractivity contribution in [3.63, 3.8) is 0 Å². The van der Waals surface area contributed by atoms with Crippen LogP contribution in [-0.4, -0.2) is 18.9 Å². The fourth-order valence-corrected chi connectivity index (χ4v) is 3.71. The van der Waals surface area contributed by atoms with Gasteiger partial charge in [0.2, 0.25) is 5.78 Å². The number of hydrogen-bond donors (Lipinski definition) is 0. The first-order valence-electron chi connectivity index (χ1n) is 7.85. The lowest BCUT2D eigenvalue weighted by atomic mass is 10.2. The van der Waals surface area contributed by atoms with Crippen LogP contribution in [0.5, 0.6) is 0 Å². The zero-order valence-corrected chi connectivity index (χ0v) is 12.9. The Morgan fingerprint density at radius 1 is 0.833 bits per heavy atom. The molecule has 0 N–H and O–H groups in total. The summed E-state index contributed by atoms with van der Waals surface area (Å²) in [5, 5.41) is 0.982. The Hall–Kier alpha value is -3.34. The Balaban J connectivity index is 1.94. The van der Waals surface area contributed by atoms with Crippen molar-refractivity contribution in [3.8, 4) is 0 Å². The molecule has 0 saturated heterocycles. The van der Waals surface area contributed by atoms with Gasteiger partial charge in [0.15, 0.2) is 5.58 Å². The number of nitrogens with zero attached hydrogens (tertiary/aromatic N) is 4. The van der Waals surface area contributed by atoms with Gasteiger partial charge in [-0.15, -0.1) is 0 Å². The zero-order valence-electron chi connectivity index (χ0n) is 12.9. The number of hydrogen-bond acceptors (Lipinski definition) is 3. The molecule has 0 saturated carbocycles. The number of benzene rings is 2. The summed E-state index contributed by atoms with van der Waals surface area (Å²) in [6.07, 6.45) is 1.79. The largest absolute Gasteiger partial charge is 0.454 e. The molecule has 4 aromatic heterocycles. The minimum absolute atomic E-state index is 0.793. The smallest absolute Gasteiger partial charge is 0.215 e. The Morgan fingerprint density at radius 3 is 2.62 bits per heavy atom. The van der Waals surface area contributed by atoms with Crippen molar-refractivity contribution in [3.05, 3.63) is 54.7 Å². The van der Waals surface area contributed by atoms with E-state index in [0.717, 1.165) is 49.9 Å². The maximum Gasteiger partial charge on any atom is 0.215 e. The molecule has 0 aliphatic heterocycles. The normalized spacial score (nSPS) is 12.4. The van der Waals surface area contributed by atoms with Crippen LogP contribution in [0.15, 0.2) is 59.1 Å². The summed E-state index contributed by atoms with van der Waals surface area (Å²) in [5.74, 6) is 0.920. The van der Waals surface area contributed by atoms with Crippen LogP contribution in [0.1, 0.15) is 0 Å². The molecule has 114 valence electrons. The van der Waals surface area contributed by atoms with Gasteiger partial charge in [-0.1, -0.05) is 12.1 Å². The molecule has 0 radical (unpaired) electrons. The summed E-state index contributed by atoms with van der Waals surface area (Å²) in [6, 6.07) is 16.3. The molecular weight excluding hydrogens is 300 g/mol. The molecule has 4 heterocycles. The van der Waals surface area contributed by atoms with Crippen molar-refractivity contribution in [1.82, 2.24) is 18.9 Å². The van der Waals surface area contributed by atoms with Crippen LogP contribution >= 0.6 is 0 Å². The van der Waals surface area contributed by atoms with Gasteiger partial charge in [-0.2, -0.15) is 0 Å². The average molecular weight is 312 g/mol. The average Bonchev–Trinajstić information content (AvgIpc) is 3.25. The lowest BCUT2D eigenvalue weighted by molar-refractivity contribution is 0.668. The molecule has 5 heteroatoms. The zero-order chi connectivity index (χ0) is 15.8. The van der Waals surface area contributed by atoms with E-state index in [4.69, 9.17) is 9.40 Å². The van der Waals surface area contributed by atoms with Crippen molar-refractivity contribution < 1.29 is 4.42 Å². The van der Waals surface area contributed by atoms with Crippen LogP contribution in [0.3, 0.4) is 0 Å². The monoisotopic (exact) mass is 312 g/mol. The van der Waals surface area contributed by atoms with Gasteiger partial charge in [0.05, 0.1) is 21.9 Å². The number of para-hydroxylation sites is 2. The van der Waals surface area contributed by atoms with E-state index in [2.05, 4.69) is 44.3 Å². The topological polar surface area (TPSA) is 48.3 Å². The van der Waals surface area contributed by atoms with Gasteiger partial charge >= 0.3 is 0 Å². The molecule has 24 heavy (non-hydrogen) atoms. The molecule has 0 aliphatic rings. The van der Waals surface area contributed by atoms with Crippen molar-refractivity contribution in [2.24, 2.45) is 7.05 Å². The second-order valence-corrected chi connectivity index (χ2v) is 6.05. The molecule has 5 nitrogen and oxygen atoms in total. The van der Waals surface area contributed by atoms with Crippen LogP contribution in [0.25, 0.3) is 49.9 Å². The second-order valence-electron chi connectivity index (χ2n) is 6.05. The van der Waals surface area contributed by atoms with E-state index in [1.54, 1.807) is 6.20 Å². The SMILES string of the molecule is Cn1c2ccccc2n2c3ccc4oc5cccnc5c4c3nc12. The summed E-state index contributed by atoms with van der Waals surface area (Å²) in [5.41, 5.74) is 6.80. The van der Waals surface area contributed by atoms with Crippen LogP contribution < -0.4 is 0 Å². The van der Waals surface area contributed by atoms with Crippen LogP contribution in [0.4, 0.5) is 0 Å². The third kappa shape index (κ3) is 1.27. The highest BCUT2D eigenvalue weighted by Gasteiger charge is 2.18. The van der Waals surface area contributed by atoms with Gasteiger partial charge in [0, 0.05) is 13.2 Å². The number of fused-ring (bicyclic) bond motifs is 9. The molecule has 2 aromatic carbocycles. The Labute approximate surface area is 135 Å². The van der Waals surface area contributed by atoms with E-state index in [0.29, 0.717) is 0 Å². The summed E-state index contributed by atoms with van der Waals surface area (Å²) in [7, 11) is 2.05. The predicted octanol–water partition coefficient (Wildman–Crippen LogP) is 4.27. The number of imidazole rings is 2. The third-order valence-corrected chi connectivity index (χ3v) is 4.78. The van der Waals surface area contributed by atoms with Gasteiger partial charge in [-0.3, -0.25) is 9.38 Å². The predicted molar refractivity (Wildman–Crippen MR) is 94.2 cm³/mol. The van der Waals surface area contributed by atoms with Crippen LogP contribution in [-0.2, 0) is 7.05 Å². The highest BCUT2D eigenvalue weighted by Crippen LogP contribution is 2.34. The summed E-state index contributed by atoms with van der Waals surface area (Å²) in [6.45, 7) is 0. The Morgan fingerprint density at radius 2 is 1.71 bits per heavy atom. The van der Waals surface area contributed by atoms with E-state index in [-0.39, 0.29) is 0 Å². The number of furan rings is 1. The highest BCUT2D eigenvalue weighted by atomic mass is 16.3. The quantitative estimate of drug-likeness (QED) is 0.421. The molecule has 0 atom stereocenters. The van der Waals surface area contributed by atoms with Crippen LogP contribution in [0, 0.1) is 0 Å². The molecule has 6 rings (SSSR count). The van der Waals surface area contributed by atoms with Gasteiger partial charge in [0.1, 0.15) is 16.6 Å².